The third-order valence-electron chi connectivity index (χ3n) is 3.27. The molecule has 1 aliphatic heterocycles. The Labute approximate surface area is 118 Å². The summed E-state index contributed by atoms with van der Waals surface area (Å²) < 4.78 is 32.7. The fourth-order valence-electron chi connectivity index (χ4n) is 2.11. The van der Waals surface area contributed by atoms with E-state index in [1.54, 1.807) is 13.0 Å². The first-order valence-corrected chi connectivity index (χ1v) is 7.87. The molecule has 1 aliphatic rings. The summed E-state index contributed by atoms with van der Waals surface area (Å²) in [5.74, 6) is 0. The SMILES string of the molecule is Cc1cc(Cl)c(N)cc1S(=O)(=O)NC1CCOC1C. The Morgan fingerprint density at radius 1 is 1.47 bits per heavy atom. The fourth-order valence-corrected chi connectivity index (χ4v) is 3.93. The van der Waals surface area contributed by atoms with Crippen molar-refractivity contribution in [1.82, 2.24) is 4.72 Å². The predicted molar refractivity (Wildman–Crippen MR) is 74.7 cm³/mol. The van der Waals surface area contributed by atoms with E-state index in [0.717, 1.165) is 0 Å². The van der Waals surface area contributed by atoms with Gasteiger partial charge in [-0.3, -0.25) is 0 Å². The number of benzene rings is 1. The molecule has 1 fully saturated rings. The first-order chi connectivity index (χ1) is 8.81. The van der Waals surface area contributed by atoms with Gasteiger partial charge in [0.05, 0.1) is 27.8 Å². The Morgan fingerprint density at radius 2 is 2.16 bits per heavy atom. The summed E-state index contributed by atoms with van der Waals surface area (Å²) in [7, 11) is -3.62. The largest absolute Gasteiger partial charge is 0.397 e. The van der Waals surface area contributed by atoms with Gasteiger partial charge >= 0.3 is 0 Å². The van der Waals surface area contributed by atoms with Gasteiger partial charge in [0, 0.05) is 6.61 Å². The zero-order valence-electron chi connectivity index (χ0n) is 10.8. The topological polar surface area (TPSA) is 81.4 Å². The first-order valence-electron chi connectivity index (χ1n) is 6.01. The molecule has 1 aromatic carbocycles. The number of anilines is 1. The highest BCUT2D eigenvalue weighted by atomic mass is 35.5. The van der Waals surface area contributed by atoms with Crippen LogP contribution in [0, 0.1) is 6.92 Å². The lowest BCUT2D eigenvalue weighted by Crippen LogP contribution is -2.39. The summed E-state index contributed by atoms with van der Waals surface area (Å²) >= 11 is 5.87. The van der Waals surface area contributed by atoms with Gasteiger partial charge in [0.2, 0.25) is 10.0 Å². The lowest BCUT2D eigenvalue weighted by atomic mass is 10.2. The first kappa shape index (κ1) is 14.6. The monoisotopic (exact) mass is 304 g/mol. The van der Waals surface area contributed by atoms with E-state index >= 15 is 0 Å². The van der Waals surface area contributed by atoms with Gasteiger partial charge in [0.1, 0.15) is 0 Å². The van der Waals surface area contributed by atoms with E-state index in [-0.39, 0.29) is 22.7 Å². The molecule has 7 heteroatoms. The van der Waals surface area contributed by atoms with E-state index in [2.05, 4.69) is 4.72 Å². The van der Waals surface area contributed by atoms with E-state index in [1.807, 2.05) is 6.92 Å². The summed E-state index contributed by atoms with van der Waals surface area (Å²) in [6, 6.07) is 2.74. The zero-order valence-corrected chi connectivity index (χ0v) is 12.4. The molecule has 0 bridgehead atoms. The van der Waals surface area contributed by atoms with Crippen molar-refractivity contribution in [2.24, 2.45) is 0 Å². The summed E-state index contributed by atoms with van der Waals surface area (Å²) in [5, 5.41) is 0.356. The van der Waals surface area contributed by atoms with Gasteiger partial charge in [0.15, 0.2) is 0 Å². The van der Waals surface area contributed by atoms with E-state index in [4.69, 9.17) is 22.1 Å². The van der Waals surface area contributed by atoms with Crippen LogP contribution in [0.25, 0.3) is 0 Å². The molecular weight excluding hydrogens is 288 g/mol. The Kier molecular flexibility index (Phi) is 4.06. The molecule has 3 N–H and O–H groups in total. The molecule has 0 aliphatic carbocycles. The van der Waals surface area contributed by atoms with Crippen molar-refractivity contribution < 1.29 is 13.2 Å². The van der Waals surface area contributed by atoms with Crippen molar-refractivity contribution in [3.05, 3.63) is 22.7 Å². The molecule has 1 saturated heterocycles. The second kappa shape index (κ2) is 5.28. The predicted octanol–water partition coefficient (Wildman–Crippen LogP) is 1.69. The van der Waals surface area contributed by atoms with Crippen molar-refractivity contribution in [1.29, 1.82) is 0 Å². The van der Waals surface area contributed by atoms with E-state index < -0.39 is 10.0 Å². The molecule has 1 aromatic rings. The second-order valence-electron chi connectivity index (χ2n) is 4.73. The van der Waals surface area contributed by atoms with Crippen LogP contribution in [0.2, 0.25) is 5.02 Å². The van der Waals surface area contributed by atoms with Gasteiger partial charge in [-0.1, -0.05) is 11.6 Å². The Morgan fingerprint density at radius 3 is 2.74 bits per heavy atom. The van der Waals surface area contributed by atoms with E-state index in [9.17, 15) is 8.42 Å². The molecule has 0 radical (unpaired) electrons. The van der Waals surface area contributed by atoms with Crippen molar-refractivity contribution in [2.75, 3.05) is 12.3 Å². The standard InChI is InChI=1S/C12H17ClN2O3S/c1-7-5-9(13)10(14)6-12(7)19(16,17)15-11-3-4-18-8(11)2/h5-6,8,11,15H,3-4,14H2,1-2H3. The summed E-state index contributed by atoms with van der Waals surface area (Å²) in [5.41, 5.74) is 6.49. The number of nitrogens with two attached hydrogens (primary N) is 1. The molecular formula is C12H17ClN2O3S. The number of hydrogen-bond donors (Lipinski definition) is 2. The molecule has 1 heterocycles. The third kappa shape index (κ3) is 3.02. The maximum atomic E-state index is 12.4. The number of halogens is 1. The average Bonchev–Trinajstić information content (AvgIpc) is 2.69. The summed E-state index contributed by atoms with van der Waals surface area (Å²) in [6.45, 7) is 4.10. The Bertz CT molecular complexity index is 589. The van der Waals surface area contributed by atoms with Gasteiger partial charge in [-0.15, -0.1) is 0 Å². The number of hydrogen-bond acceptors (Lipinski definition) is 4. The quantitative estimate of drug-likeness (QED) is 0.833. The normalized spacial score (nSPS) is 23.7. The molecule has 0 amide bonds. The van der Waals surface area contributed by atoms with Gasteiger partial charge in [-0.25, -0.2) is 13.1 Å². The molecule has 0 aromatic heterocycles. The molecule has 2 atom stereocenters. The average molecular weight is 305 g/mol. The zero-order chi connectivity index (χ0) is 14.2. The second-order valence-corrected chi connectivity index (χ2v) is 6.82. The van der Waals surface area contributed by atoms with Crippen LogP contribution in [0.5, 0.6) is 0 Å². The summed E-state index contributed by atoms with van der Waals surface area (Å²) in [4.78, 5) is 0.161. The molecule has 0 spiro atoms. The highest BCUT2D eigenvalue weighted by Gasteiger charge is 2.30. The van der Waals surface area contributed by atoms with Crippen LogP contribution >= 0.6 is 11.6 Å². The number of aryl methyl sites for hydroxylation is 1. The minimum atomic E-state index is -3.62. The molecule has 19 heavy (non-hydrogen) atoms. The van der Waals surface area contributed by atoms with Crippen LogP contribution in [0.15, 0.2) is 17.0 Å². The van der Waals surface area contributed by atoms with Crippen LogP contribution in [0.1, 0.15) is 18.9 Å². The van der Waals surface area contributed by atoms with Gasteiger partial charge < -0.3 is 10.5 Å². The van der Waals surface area contributed by atoms with Crippen LogP contribution in [0.4, 0.5) is 5.69 Å². The van der Waals surface area contributed by atoms with Crippen molar-refractivity contribution >= 4 is 27.3 Å². The third-order valence-corrected chi connectivity index (χ3v) is 5.23. The molecule has 2 unspecified atom stereocenters. The number of ether oxygens (including phenoxy) is 1. The van der Waals surface area contributed by atoms with Crippen LogP contribution in [-0.2, 0) is 14.8 Å². The minimum Gasteiger partial charge on any atom is -0.397 e. The highest BCUT2D eigenvalue weighted by Crippen LogP contribution is 2.27. The van der Waals surface area contributed by atoms with E-state index in [0.29, 0.717) is 23.6 Å². The number of sulfonamides is 1. The van der Waals surface area contributed by atoms with Gasteiger partial charge in [-0.2, -0.15) is 0 Å². The van der Waals surface area contributed by atoms with Gasteiger partial charge in [0.25, 0.3) is 0 Å². The minimum absolute atomic E-state index is 0.125. The van der Waals surface area contributed by atoms with Crippen LogP contribution in [-0.4, -0.2) is 27.2 Å². The van der Waals surface area contributed by atoms with Gasteiger partial charge in [-0.05, 0) is 38.0 Å². The lowest BCUT2D eigenvalue weighted by Gasteiger charge is -2.17. The van der Waals surface area contributed by atoms with Crippen LogP contribution in [0.3, 0.4) is 0 Å². The van der Waals surface area contributed by atoms with Crippen molar-refractivity contribution in [3.63, 3.8) is 0 Å². The van der Waals surface area contributed by atoms with Crippen molar-refractivity contribution in [2.45, 2.75) is 37.3 Å². The Hall–Kier alpha value is -0.820. The van der Waals surface area contributed by atoms with Crippen LogP contribution < -0.4 is 10.5 Å². The fraction of sp³-hybridized carbons (Fsp3) is 0.500. The lowest BCUT2D eigenvalue weighted by molar-refractivity contribution is 0.117. The molecule has 5 nitrogen and oxygen atoms in total. The van der Waals surface area contributed by atoms with Crippen molar-refractivity contribution in [3.8, 4) is 0 Å². The maximum Gasteiger partial charge on any atom is 0.241 e. The smallest absolute Gasteiger partial charge is 0.241 e. The number of nitrogens with one attached hydrogen (secondary N) is 1. The molecule has 106 valence electrons. The number of rotatable bonds is 3. The highest BCUT2D eigenvalue weighted by molar-refractivity contribution is 7.89. The maximum absolute atomic E-state index is 12.4. The van der Waals surface area contributed by atoms with E-state index in [1.165, 1.54) is 6.07 Å². The summed E-state index contributed by atoms with van der Waals surface area (Å²) in [6.07, 6.45) is 0.544. The Balaban J connectivity index is 2.32. The number of nitrogen functional groups attached to an aromatic ring is 1. The molecule has 2 rings (SSSR count). The molecule has 0 saturated carbocycles.